The molecule has 5 nitrogen and oxygen atoms in total. The van der Waals surface area contributed by atoms with Gasteiger partial charge in [0, 0.05) is 37.2 Å². The van der Waals surface area contributed by atoms with Gasteiger partial charge in [-0.15, -0.1) is 11.3 Å². The van der Waals surface area contributed by atoms with E-state index in [-0.39, 0.29) is 12.5 Å². The molecule has 112 valence electrons. The lowest BCUT2D eigenvalue weighted by Gasteiger charge is -2.31. The summed E-state index contributed by atoms with van der Waals surface area (Å²) >= 11 is 1.73. The Labute approximate surface area is 123 Å². The van der Waals surface area contributed by atoms with Crippen LogP contribution >= 0.6 is 11.3 Å². The van der Waals surface area contributed by atoms with Crippen LogP contribution in [0.1, 0.15) is 29.5 Å². The van der Waals surface area contributed by atoms with Gasteiger partial charge in [0.2, 0.25) is 5.91 Å². The first-order chi connectivity index (χ1) is 9.70. The van der Waals surface area contributed by atoms with Gasteiger partial charge < -0.3 is 14.4 Å². The molecule has 1 amide bonds. The lowest BCUT2D eigenvalue weighted by molar-refractivity contribution is -0.137. The molecule has 0 saturated carbocycles. The van der Waals surface area contributed by atoms with Crippen molar-refractivity contribution in [2.75, 3.05) is 40.0 Å². The van der Waals surface area contributed by atoms with Crippen molar-refractivity contribution in [2.45, 2.75) is 25.7 Å². The lowest BCUT2D eigenvalue weighted by Crippen LogP contribution is -2.40. The van der Waals surface area contributed by atoms with E-state index >= 15 is 0 Å². The van der Waals surface area contributed by atoms with Crippen LogP contribution in [0.15, 0.2) is 5.38 Å². The largest absolute Gasteiger partial charge is 0.382 e. The SMILES string of the molecule is COCCOCC(=O)N1CCC(c2nc(C)cs2)CC1. The van der Waals surface area contributed by atoms with Gasteiger partial charge in [-0.25, -0.2) is 4.98 Å². The van der Waals surface area contributed by atoms with Gasteiger partial charge in [0.15, 0.2) is 0 Å². The predicted molar refractivity (Wildman–Crippen MR) is 78.1 cm³/mol. The Morgan fingerprint density at radius 1 is 1.45 bits per heavy atom. The van der Waals surface area contributed by atoms with Crippen LogP contribution in [-0.2, 0) is 14.3 Å². The number of amides is 1. The summed E-state index contributed by atoms with van der Waals surface area (Å²) in [7, 11) is 1.62. The van der Waals surface area contributed by atoms with E-state index in [0.29, 0.717) is 19.1 Å². The molecule has 1 aliphatic heterocycles. The molecule has 1 aromatic rings. The van der Waals surface area contributed by atoms with Crippen LogP contribution in [0.25, 0.3) is 0 Å². The highest BCUT2D eigenvalue weighted by Gasteiger charge is 2.25. The minimum absolute atomic E-state index is 0.0786. The second-order valence-corrected chi connectivity index (χ2v) is 5.92. The number of aryl methyl sites for hydroxylation is 1. The predicted octanol–water partition coefficient (Wildman–Crippen LogP) is 1.82. The molecular weight excluding hydrogens is 276 g/mol. The van der Waals surface area contributed by atoms with Crippen molar-refractivity contribution < 1.29 is 14.3 Å². The Bertz CT molecular complexity index is 428. The minimum atomic E-state index is 0.0786. The van der Waals surface area contributed by atoms with Crippen molar-refractivity contribution >= 4 is 17.2 Å². The molecule has 0 spiro atoms. The second-order valence-electron chi connectivity index (χ2n) is 5.03. The fourth-order valence-corrected chi connectivity index (χ4v) is 3.30. The van der Waals surface area contributed by atoms with Crippen molar-refractivity contribution in [3.63, 3.8) is 0 Å². The first-order valence-electron chi connectivity index (χ1n) is 6.97. The molecule has 1 aliphatic rings. The van der Waals surface area contributed by atoms with Crippen LogP contribution in [-0.4, -0.2) is 55.8 Å². The van der Waals surface area contributed by atoms with Crippen LogP contribution in [0.3, 0.4) is 0 Å². The van der Waals surface area contributed by atoms with Gasteiger partial charge in [-0.3, -0.25) is 4.79 Å². The summed E-state index contributed by atoms with van der Waals surface area (Å²) in [5.41, 5.74) is 1.09. The van der Waals surface area contributed by atoms with Crippen molar-refractivity contribution in [3.8, 4) is 0 Å². The highest BCUT2D eigenvalue weighted by Crippen LogP contribution is 2.30. The Morgan fingerprint density at radius 2 is 2.20 bits per heavy atom. The number of carbonyl (C=O) groups is 1. The summed E-state index contributed by atoms with van der Waals surface area (Å²) in [6.07, 6.45) is 1.99. The molecule has 1 fully saturated rings. The third kappa shape index (κ3) is 4.26. The summed E-state index contributed by atoms with van der Waals surface area (Å²) < 4.78 is 10.2. The van der Waals surface area contributed by atoms with Crippen LogP contribution in [0, 0.1) is 6.92 Å². The van der Waals surface area contributed by atoms with Crippen LogP contribution in [0.2, 0.25) is 0 Å². The molecule has 1 aromatic heterocycles. The summed E-state index contributed by atoms with van der Waals surface area (Å²) in [6, 6.07) is 0. The number of rotatable bonds is 6. The number of hydrogen-bond acceptors (Lipinski definition) is 5. The van der Waals surface area contributed by atoms with E-state index in [1.165, 1.54) is 5.01 Å². The maximum absolute atomic E-state index is 12.0. The summed E-state index contributed by atoms with van der Waals surface area (Å²) in [4.78, 5) is 18.4. The highest BCUT2D eigenvalue weighted by atomic mass is 32.1. The van der Waals surface area contributed by atoms with Gasteiger partial charge in [-0.2, -0.15) is 0 Å². The first kappa shape index (κ1) is 15.4. The molecule has 0 radical (unpaired) electrons. The average molecular weight is 298 g/mol. The van der Waals surface area contributed by atoms with Crippen LogP contribution in [0.5, 0.6) is 0 Å². The topological polar surface area (TPSA) is 51.7 Å². The number of piperidine rings is 1. The minimum Gasteiger partial charge on any atom is -0.382 e. The van der Waals surface area contributed by atoms with Crippen LogP contribution < -0.4 is 0 Å². The zero-order valence-electron chi connectivity index (χ0n) is 12.1. The molecule has 0 bridgehead atoms. The van der Waals surface area contributed by atoms with Crippen molar-refractivity contribution in [1.82, 2.24) is 9.88 Å². The van der Waals surface area contributed by atoms with Gasteiger partial charge in [-0.1, -0.05) is 0 Å². The normalized spacial score (nSPS) is 16.6. The van der Waals surface area contributed by atoms with Gasteiger partial charge in [0.25, 0.3) is 0 Å². The Balaban J connectivity index is 1.72. The quantitative estimate of drug-likeness (QED) is 0.752. The van der Waals surface area contributed by atoms with E-state index in [4.69, 9.17) is 9.47 Å². The molecule has 0 unspecified atom stereocenters. The van der Waals surface area contributed by atoms with Crippen molar-refractivity contribution in [3.05, 3.63) is 16.1 Å². The molecular formula is C14H22N2O3S. The van der Waals surface area contributed by atoms with E-state index in [1.54, 1.807) is 18.4 Å². The fraction of sp³-hybridized carbons (Fsp3) is 0.714. The van der Waals surface area contributed by atoms with E-state index < -0.39 is 0 Å². The molecule has 1 saturated heterocycles. The Hall–Kier alpha value is -0.980. The van der Waals surface area contributed by atoms with E-state index in [9.17, 15) is 4.79 Å². The number of likely N-dealkylation sites (tertiary alicyclic amines) is 1. The summed E-state index contributed by atoms with van der Waals surface area (Å²) in [6.45, 7) is 4.78. The van der Waals surface area contributed by atoms with E-state index in [0.717, 1.165) is 31.6 Å². The van der Waals surface area contributed by atoms with Gasteiger partial charge in [0.1, 0.15) is 6.61 Å². The number of hydrogen-bond donors (Lipinski definition) is 0. The first-order valence-corrected chi connectivity index (χ1v) is 7.85. The smallest absolute Gasteiger partial charge is 0.248 e. The Kier molecular flexibility index (Phi) is 5.94. The summed E-state index contributed by atoms with van der Waals surface area (Å²) in [5, 5.41) is 3.31. The maximum atomic E-state index is 12.0. The highest BCUT2D eigenvalue weighted by molar-refractivity contribution is 7.09. The average Bonchev–Trinajstić information content (AvgIpc) is 2.90. The number of aromatic nitrogens is 1. The standard InChI is InChI=1S/C14H22N2O3S/c1-11-10-20-14(15-11)12-3-5-16(6-4-12)13(17)9-19-8-7-18-2/h10,12H,3-9H2,1-2H3. The molecule has 2 heterocycles. The number of methoxy groups -OCH3 is 1. The van der Waals surface area contributed by atoms with Crippen molar-refractivity contribution in [2.24, 2.45) is 0 Å². The molecule has 20 heavy (non-hydrogen) atoms. The second kappa shape index (κ2) is 7.71. The molecule has 0 N–H and O–H groups in total. The maximum Gasteiger partial charge on any atom is 0.248 e. The zero-order valence-corrected chi connectivity index (χ0v) is 12.9. The third-order valence-corrected chi connectivity index (χ3v) is 4.62. The van der Waals surface area contributed by atoms with E-state index in [2.05, 4.69) is 10.4 Å². The molecule has 2 rings (SSSR count). The fourth-order valence-electron chi connectivity index (χ4n) is 2.33. The van der Waals surface area contributed by atoms with Gasteiger partial charge in [-0.05, 0) is 19.8 Å². The molecule has 6 heteroatoms. The molecule has 0 aliphatic carbocycles. The monoisotopic (exact) mass is 298 g/mol. The van der Waals surface area contributed by atoms with Crippen LogP contribution in [0.4, 0.5) is 0 Å². The molecule has 0 aromatic carbocycles. The number of thiazole rings is 1. The lowest BCUT2D eigenvalue weighted by atomic mass is 9.97. The van der Waals surface area contributed by atoms with Gasteiger partial charge in [0.05, 0.1) is 18.2 Å². The summed E-state index contributed by atoms with van der Waals surface area (Å²) in [5.74, 6) is 0.585. The third-order valence-electron chi connectivity index (χ3n) is 3.49. The van der Waals surface area contributed by atoms with E-state index in [1.807, 2.05) is 11.8 Å². The number of nitrogens with zero attached hydrogens (tertiary/aromatic N) is 2. The number of carbonyl (C=O) groups excluding carboxylic acids is 1. The number of ether oxygens (including phenoxy) is 2. The zero-order chi connectivity index (χ0) is 14.4. The van der Waals surface area contributed by atoms with Gasteiger partial charge >= 0.3 is 0 Å². The van der Waals surface area contributed by atoms with Crippen molar-refractivity contribution in [1.29, 1.82) is 0 Å². The Morgan fingerprint density at radius 3 is 2.80 bits per heavy atom. The molecule has 0 atom stereocenters.